The van der Waals surface area contributed by atoms with Crippen molar-refractivity contribution in [2.24, 2.45) is 0 Å². The second-order valence-corrected chi connectivity index (χ2v) is 7.60. The number of hydrogen-bond donors (Lipinski definition) is 1. The van der Waals surface area contributed by atoms with E-state index < -0.39 is 15.8 Å². The van der Waals surface area contributed by atoms with Crippen LogP contribution in [0.3, 0.4) is 0 Å². The molecule has 0 unspecified atom stereocenters. The van der Waals surface area contributed by atoms with Crippen molar-refractivity contribution in [3.05, 3.63) is 0 Å². The van der Waals surface area contributed by atoms with Gasteiger partial charge in [-0.15, -0.1) is 0 Å². The van der Waals surface area contributed by atoms with E-state index >= 15 is 0 Å². The Labute approximate surface area is 125 Å². The number of sulfone groups is 1. The zero-order valence-corrected chi connectivity index (χ0v) is 13.3. The number of rotatable bonds is 5. The zero-order valence-electron chi connectivity index (χ0n) is 12.5. The maximum absolute atomic E-state index is 12.2. The Morgan fingerprint density at radius 1 is 1.19 bits per heavy atom. The van der Waals surface area contributed by atoms with Crippen molar-refractivity contribution in [3.63, 3.8) is 0 Å². The molecule has 1 fully saturated rings. The maximum atomic E-state index is 12.2. The molecule has 9 heteroatoms. The van der Waals surface area contributed by atoms with Crippen molar-refractivity contribution in [1.29, 1.82) is 0 Å². The lowest BCUT2D eigenvalue weighted by Gasteiger charge is -2.27. The third kappa shape index (κ3) is 6.76. The zero-order chi connectivity index (χ0) is 16.0. The number of carbonyl (C=O) groups is 2. The van der Waals surface area contributed by atoms with Gasteiger partial charge in [-0.25, -0.2) is 13.2 Å². The topological polar surface area (TPSA) is 98.2 Å². The first kappa shape index (κ1) is 17.7. The van der Waals surface area contributed by atoms with Crippen molar-refractivity contribution >= 4 is 21.8 Å². The van der Waals surface area contributed by atoms with E-state index in [0.29, 0.717) is 32.6 Å². The summed E-state index contributed by atoms with van der Waals surface area (Å²) < 4.78 is 22.2. The number of nitrogens with zero attached hydrogens (tertiary/aromatic N) is 3. The summed E-state index contributed by atoms with van der Waals surface area (Å²) >= 11 is 0. The largest absolute Gasteiger partial charge is 0.480 e. The van der Waals surface area contributed by atoms with Crippen molar-refractivity contribution in [2.45, 2.75) is 6.42 Å². The molecule has 1 aliphatic rings. The number of carboxylic acids is 1. The van der Waals surface area contributed by atoms with Crippen molar-refractivity contribution in [3.8, 4) is 0 Å². The minimum atomic E-state index is -3.10. The summed E-state index contributed by atoms with van der Waals surface area (Å²) in [5, 5.41) is 8.78. The van der Waals surface area contributed by atoms with Gasteiger partial charge in [-0.3, -0.25) is 9.69 Å². The van der Waals surface area contributed by atoms with Crippen LogP contribution in [0.2, 0.25) is 0 Å². The Kier molecular flexibility index (Phi) is 6.41. The van der Waals surface area contributed by atoms with Crippen LogP contribution in [-0.4, -0.2) is 98.5 Å². The van der Waals surface area contributed by atoms with Crippen LogP contribution in [0, 0.1) is 0 Å². The number of aliphatic carboxylic acids is 1. The average Bonchev–Trinajstić information content (AvgIpc) is 2.59. The van der Waals surface area contributed by atoms with E-state index in [2.05, 4.69) is 0 Å². The number of carbonyl (C=O) groups excluding carboxylic acids is 1. The molecule has 0 aromatic carbocycles. The Balaban J connectivity index is 2.49. The van der Waals surface area contributed by atoms with Crippen molar-refractivity contribution in [2.75, 3.05) is 58.3 Å². The molecule has 0 spiro atoms. The summed E-state index contributed by atoms with van der Waals surface area (Å²) in [7, 11) is -1.52. The second-order valence-electron chi connectivity index (χ2n) is 5.34. The Morgan fingerprint density at radius 3 is 2.43 bits per heavy atom. The van der Waals surface area contributed by atoms with Gasteiger partial charge in [-0.05, 0) is 6.42 Å². The monoisotopic (exact) mass is 321 g/mol. The van der Waals surface area contributed by atoms with Crippen LogP contribution >= 0.6 is 0 Å². The summed E-state index contributed by atoms with van der Waals surface area (Å²) in [6.45, 7) is 2.30. The molecule has 0 aliphatic carbocycles. The number of carboxylic acid groups (broad SMARTS) is 1. The van der Waals surface area contributed by atoms with E-state index in [1.54, 1.807) is 16.8 Å². The van der Waals surface area contributed by atoms with Gasteiger partial charge in [0.2, 0.25) is 0 Å². The molecular formula is C12H23N3O5S. The molecule has 0 aromatic rings. The number of amides is 2. The van der Waals surface area contributed by atoms with E-state index in [1.165, 1.54) is 4.90 Å². The number of hydrogen-bond acceptors (Lipinski definition) is 5. The lowest BCUT2D eigenvalue weighted by molar-refractivity contribution is -0.138. The highest BCUT2D eigenvalue weighted by molar-refractivity contribution is 7.90. The van der Waals surface area contributed by atoms with Crippen LogP contribution in [0.5, 0.6) is 0 Å². The molecule has 21 heavy (non-hydrogen) atoms. The van der Waals surface area contributed by atoms with Crippen LogP contribution < -0.4 is 0 Å². The molecule has 1 aliphatic heterocycles. The van der Waals surface area contributed by atoms with Crippen molar-refractivity contribution in [1.82, 2.24) is 14.7 Å². The van der Waals surface area contributed by atoms with Gasteiger partial charge in [0.25, 0.3) is 0 Å². The highest BCUT2D eigenvalue weighted by atomic mass is 32.2. The third-order valence-corrected chi connectivity index (χ3v) is 4.27. The molecule has 0 saturated carbocycles. The second kappa shape index (κ2) is 7.60. The molecule has 0 bridgehead atoms. The van der Waals surface area contributed by atoms with Crippen LogP contribution in [0.1, 0.15) is 6.42 Å². The maximum Gasteiger partial charge on any atom is 0.319 e. The predicted molar refractivity (Wildman–Crippen MR) is 78.0 cm³/mol. The highest BCUT2D eigenvalue weighted by Crippen LogP contribution is 2.06. The van der Waals surface area contributed by atoms with Crippen molar-refractivity contribution < 1.29 is 23.1 Å². The molecule has 2 amide bonds. The normalized spacial score (nSPS) is 17.3. The quantitative estimate of drug-likeness (QED) is 0.710. The Bertz CT molecular complexity index is 479. The first-order valence-corrected chi connectivity index (χ1v) is 8.87. The molecule has 1 rings (SSSR count). The lowest BCUT2D eigenvalue weighted by Crippen LogP contribution is -2.44. The minimum Gasteiger partial charge on any atom is -0.480 e. The summed E-state index contributed by atoms with van der Waals surface area (Å²) in [4.78, 5) is 27.8. The summed E-state index contributed by atoms with van der Waals surface area (Å²) in [5.41, 5.74) is 0. The summed E-state index contributed by atoms with van der Waals surface area (Å²) in [5.74, 6) is -0.936. The van der Waals surface area contributed by atoms with Gasteiger partial charge < -0.3 is 14.9 Å². The fourth-order valence-electron chi connectivity index (χ4n) is 2.15. The molecular weight excluding hydrogens is 298 g/mol. The van der Waals surface area contributed by atoms with Crippen LogP contribution in [0.4, 0.5) is 4.79 Å². The molecule has 0 aromatic heterocycles. The molecule has 8 nitrogen and oxygen atoms in total. The molecule has 1 heterocycles. The van der Waals surface area contributed by atoms with Gasteiger partial charge in [0, 0.05) is 46.0 Å². The van der Waals surface area contributed by atoms with E-state index in [-0.39, 0.29) is 24.9 Å². The smallest absolute Gasteiger partial charge is 0.319 e. The Morgan fingerprint density at radius 2 is 1.86 bits per heavy atom. The van der Waals surface area contributed by atoms with E-state index in [9.17, 15) is 18.0 Å². The third-order valence-electron chi connectivity index (χ3n) is 3.34. The predicted octanol–water partition coefficient (Wildman–Crippen LogP) is -0.825. The SMILES string of the molecule is CN(CCS(C)(=O)=O)C(=O)N1CCCN(CC(=O)O)CC1. The van der Waals surface area contributed by atoms with Gasteiger partial charge in [-0.2, -0.15) is 0 Å². The fourth-order valence-corrected chi connectivity index (χ4v) is 2.76. The molecule has 1 N–H and O–H groups in total. The lowest BCUT2D eigenvalue weighted by atomic mass is 10.4. The first-order valence-electron chi connectivity index (χ1n) is 6.81. The fraction of sp³-hybridized carbons (Fsp3) is 0.833. The standard InChI is InChI=1S/C12H23N3O5S/c1-13(8-9-21(2,19)20)12(18)15-5-3-4-14(6-7-15)10-11(16)17/h3-10H2,1-2H3,(H,16,17). The molecule has 122 valence electrons. The molecule has 0 atom stereocenters. The molecule has 0 radical (unpaired) electrons. The van der Waals surface area contributed by atoms with E-state index in [0.717, 1.165) is 6.26 Å². The molecule has 1 saturated heterocycles. The van der Waals surface area contributed by atoms with E-state index in [4.69, 9.17) is 5.11 Å². The average molecular weight is 321 g/mol. The van der Waals surface area contributed by atoms with Crippen LogP contribution in [0.15, 0.2) is 0 Å². The van der Waals surface area contributed by atoms with E-state index in [1.807, 2.05) is 0 Å². The number of urea groups is 1. The summed E-state index contributed by atoms with van der Waals surface area (Å²) in [6.07, 6.45) is 1.85. The van der Waals surface area contributed by atoms with Gasteiger partial charge in [0.05, 0.1) is 12.3 Å². The summed E-state index contributed by atoms with van der Waals surface area (Å²) in [6, 6.07) is -0.212. The van der Waals surface area contributed by atoms with Crippen LogP contribution in [-0.2, 0) is 14.6 Å². The minimum absolute atomic E-state index is 0.0219. The first-order chi connectivity index (χ1) is 9.69. The van der Waals surface area contributed by atoms with Gasteiger partial charge >= 0.3 is 12.0 Å². The van der Waals surface area contributed by atoms with Gasteiger partial charge in [0.1, 0.15) is 9.84 Å². The van der Waals surface area contributed by atoms with Gasteiger partial charge in [0.15, 0.2) is 0 Å². The van der Waals surface area contributed by atoms with Crippen LogP contribution in [0.25, 0.3) is 0 Å². The Hall–Kier alpha value is -1.35. The highest BCUT2D eigenvalue weighted by Gasteiger charge is 2.22. The van der Waals surface area contributed by atoms with Gasteiger partial charge in [-0.1, -0.05) is 0 Å².